The fraction of sp³-hybridized carbons (Fsp3) is 0.467. The van der Waals surface area contributed by atoms with Gasteiger partial charge in [0.2, 0.25) is 0 Å². The van der Waals surface area contributed by atoms with Gasteiger partial charge >= 0.3 is 0 Å². The van der Waals surface area contributed by atoms with Crippen molar-refractivity contribution in [3.8, 4) is 0 Å². The molecule has 0 bridgehead atoms. The fourth-order valence-corrected chi connectivity index (χ4v) is 2.42. The van der Waals surface area contributed by atoms with Crippen LogP contribution in [0.2, 0.25) is 0 Å². The first kappa shape index (κ1) is 12.2. The van der Waals surface area contributed by atoms with Crippen molar-refractivity contribution in [2.45, 2.75) is 40.8 Å². The molecule has 0 fully saturated rings. The first-order chi connectivity index (χ1) is 8.04. The molecule has 0 aliphatic rings. The Bertz CT molecular complexity index is 535. The molecule has 0 unspecified atom stereocenters. The first-order valence-electron chi connectivity index (χ1n) is 6.33. The second kappa shape index (κ2) is 4.53. The average molecular weight is 230 g/mol. The number of hydrogen-bond donors (Lipinski definition) is 1. The Morgan fingerprint density at radius 1 is 1.24 bits per heavy atom. The minimum Gasteiger partial charge on any atom is -0.344 e. The minimum atomic E-state index is 0.615. The van der Waals surface area contributed by atoms with E-state index in [1.807, 2.05) is 0 Å². The van der Waals surface area contributed by atoms with Gasteiger partial charge in [0.1, 0.15) is 0 Å². The Morgan fingerprint density at radius 2 is 1.94 bits per heavy atom. The van der Waals surface area contributed by atoms with E-state index in [0.29, 0.717) is 12.5 Å². The van der Waals surface area contributed by atoms with Gasteiger partial charge in [-0.05, 0) is 43.0 Å². The van der Waals surface area contributed by atoms with E-state index in [2.05, 4.69) is 50.5 Å². The van der Waals surface area contributed by atoms with Gasteiger partial charge in [0.25, 0.3) is 0 Å². The molecule has 0 radical (unpaired) electrons. The zero-order valence-electron chi connectivity index (χ0n) is 11.2. The van der Waals surface area contributed by atoms with Gasteiger partial charge in [-0.1, -0.05) is 19.9 Å². The van der Waals surface area contributed by atoms with E-state index in [9.17, 15) is 0 Å². The van der Waals surface area contributed by atoms with Crippen LogP contribution >= 0.6 is 0 Å². The number of rotatable bonds is 3. The topological polar surface area (TPSA) is 30.9 Å². The van der Waals surface area contributed by atoms with Crippen molar-refractivity contribution < 1.29 is 0 Å². The maximum absolute atomic E-state index is 5.71. The minimum absolute atomic E-state index is 0.615. The van der Waals surface area contributed by atoms with Gasteiger partial charge in [0.05, 0.1) is 0 Å². The molecule has 0 aliphatic carbocycles. The Labute approximate surface area is 103 Å². The SMILES string of the molecule is Cc1c(C)n(CC(C)C)c2ccc(CN)cc12. The van der Waals surface area contributed by atoms with Crippen LogP contribution in [0.1, 0.15) is 30.7 Å². The summed E-state index contributed by atoms with van der Waals surface area (Å²) in [6, 6.07) is 6.58. The normalized spacial score (nSPS) is 11.6. The summed E-state index contributed by atoms with van der Waals surface area (Å²) in [7, 11) is 0. The molecule has 2 N–H and O–H groups in total. The molecule has 92 valence electrons. The van der Waals surface area contributed by atoms with Crippen molar-refractivity contribution in [2.24, 2.45) is 11.7 Å². The molecule has 0 atom stereocenters. The fourth-order valence-electron chi connectivity index (χ4n) is 2.42. The lowest BCUT2D eigenvalue weighted by atomic mass is 10.1. The van der Waals surface area contributed by atoms with Gasteiger partial charge < -0.3 is 10.3 Å². The standard InChI is InChI=1S/C15H22N2/c1-10(2)9-17-12(4)11(3)14-7-13(8-16)5-6-15(14)17/h5-7,10H,8-9,16H2,1-4H3. The van der Waals surface area contributed by atoms with Crippen molar-refractivity contribution in [2.75, 3.05) is 0 Å². The van der Waals surface area contributed by atoms with Crippen LogP contribution in [0.4, 0.5) is 0 Å². The first-order valence-corrected chi connectivity index (χ1v) is 6.33. The van der Waals surface area contributed by atoms with E-state index in [4.69, 9.17) is 5.73 Å². The number of aromatic nitrogens is 1. The summed E-state index contributed by atoms with van der Waals surface area (Å²) in [4.78, 5) is 0. The molecular weight excluding hydrogens is 208 g/mol. The predicted molar refractivity (Wildman–Crippen MR) is 74.1 cm³/mol. The van der Waals surface area contributed by atoms with Crippen LogP contribution in [-0.4, -0.2) is 4.57 Å². The van der Waals surface area contributed by atoms with E-state index in [0.717, 1.165) is 6.54 Å². The van der Waals surface area contributed by atoms with E-state index in [-0.39, 0.29) is 0 Å². The van der Waals surface area contributed by atoms with Crippen LogP contribution in [0.15, 0.2) is 18.2 Å². The molecule has 0 aliphatic heterocycles. The quantitative estimate of drug-likeness (QED) is 0.861. The second-order valence-electron chi connectivity index (χ2n) is 5.27. The van der Waals surface area contributed by atoms with E-state index < -0.39 is 0 Å². The van der Waals surface area contributed by atoms with E-state index in [1.165, 1.54) is 27.7 Å². The highest BCUT2D eigenvalue weighted by molar-refractivity contribution is 5.86. The van der Waals surface area contributed by atoms with Gasteiger partial charge in [-0.2, -0.15) is 0 Å². The van der Waals surface area contributed by atoms with Crippen LogP contribution in [0.25, 0.3) is 10.9 Å². The highest BCUT2D eigenvalue weighted by atomic mass is 15.0. The maximum atomic E-state index is 5.71. The summed E-state index contributed by atoms with van der Waals surface area (Å²) in [5, 5.41) is 1.35. The van der Waals surface area contributed by atoms with Crippen LogP contribution in [-0.2, 0) is 13.1 Å². The van der Waals surface area contributed by atoms with Gasteiger partial charge in [-0.25, -0.2) is 0 Å². The molecule has 0 saturated carbocycles. The maximum Gasteiger partial charge on any atom is 0.0485 e. The third-order valence-electron chi connectivity index (χ3n) is 3.49. The van der Waals surface area contributed by atoms with Gasteiger partial charge in [-0.3, -0.25) is 0 Å². The molecule has 1 heterocycles. The number of nitrogens with zero attached hydrogens (tertiary/aromatic N) is 1. The Hall–Kier alpha value is -1.28. The molecule has 2 rings (SSSR count). The number of hydrogen-bond acceptors (Lipinski definition) is 1. The lowest BCUT2D eigenvalue weighted by molar-refractivity contribution is 0.527. The number of nitrogens with two attached hydrogens (primary N) is 1. The molecule has 0 spiro atoms. The largest absolute Gasteiger partial charge is 0.344 e. The van der Waals surface area contributed by atoms with E-state index in [1.54, 1.807) is 0 Å². The smallest absolute Gasteiger partial charge is 0.0485 e. The van der Waals surface area contributed by atoms with Crippen molar-refractivity contribution in [3.63, 3.8) is 0 Å². The van der Waals surface area contributed by atoms with Crippen molar-refractivity contribution in [3.05, 3.63) is 35.0 Å². The van der Waals surface area contributed by atoms with Gasteiger partial charge in [-0.15, -0.1) is 0 Å². The summed E-state index contributed by atoms with van der Waals surface area (Å²) < 4.78 is 2.43. The summed E-state index contributed by atoms with van der Waals surface area (Å²) >= 11 is 0. The molecular formula is C15H22N2. The highest BCUT2D eigenvalue weighted by Crippen LogP contribution is 2.27. The summed E-state index contributed by atoms with van der Waals surface area (Å²) in [6.07, 6.45) is 0. The zero-order chi connectivity index (χ0) is 12.6. The Morgan fingerprint density at radius 3 is 2.53 bits per heavy atom. The molecule has 2 nitrogen and oxygen atoms in total. The molecule has 0 saturated heterocycles. The number of benzene rings is 1. The van der Waals surface area contributed by atoms with Gasteiger partial charge in [0.15, 0.2) is 0 Å². The van der Waals surface area contributed by atoms with Crippen molar-refractivity contribution in [1.29, 1.82) is 0 Å². The Balaban J connectivity index is 2.64. The average Bonchev–Trinajstić information content (AvgIpc) is 2.54. The highest BCUT2D eigenvalue weighted by Gasteiger charge is 2.11. The zero-order valence-corrected chi connectivity index (χ0v) is 11.2. The molecule has 1 aromatic heterocycles. The second-order valence-corrected chi connectivity index (χ2v) is 5.27. The summed E-state index contributed by atoms with van der Waals surface area (Å²) in [5.74, 6) is 0.665. The lowest BCUT2D eigenvalue weighted by Gasteiger charge is -2.11. The number of aryl methyl sites for hydroxylation is 1. The summed E-state index contributed by atoms with van der Waals surface area (Å²) in [5.41, 5.74) is 11.0. The van der Waals surface area contributed by atoms with Crippen LogP contribution in [0.3, 0.4) is 0 Å². The molecule has 0 amide bonds. The molecule has 2 heteroatoms. The Kier molecular flexibility index (Phi) is 3.25. The van der Waals surface area contributed by atoms with E-state index >= 15 is 0 Å². The molecule has 2 aromatic rings. The lowest BCUT2D eigenvalue weighted by Crippen LogP contribution is -2.06. The number of fused-ring (bicyclic) bond motifs is 1. The van der Waals surface area contributed by atoms with Crippen molar-refractivity contribution in [1.82, 2.24) is 4.57 Å². The van der Waals surface area contributed by atoms with Crippen molar-refractivity contribution >= 4 is 10.9 Å². The monoisotopic (exact) mass is 230 g/mol. The van der Waals surface area contributed by atoms with Crippen LogP contribution in [0.5, 0.6) is 0 Å². The predicted octanol–water partition coefficient (Wildman–Crippen LogP) is 3.37. The van der Waals surface area contributed by atoms with Crippen LogP contribution < -0.4 is 5.73 Å². The third kappa shape index (κ3) is 2.09. The van der Waals surface area contributed by atoms with Gasteiger partial charge in [0, 0.05) is 29.7 Å². The van der Waals surface area contributed by atoms with Crippen LogP contribution in [0, 0.1) is 19.8 Å². The summed E-state index contributed by atoms with van der Waals surface area (Å²) in [6.45, 7) is 10.6. The molecule has 17 heavy (non-hydrogen) atoms. The third-order valence-corrected chi connectivity index (χ3v) is 3.49. The molecule has 1 aromatic carbocycles.